The van der Waals surface area contributed by atoms with E-state index in [1.165, 1.54) is 64.2 Å². The molecule has 0 aliphatic carbocycles. The monoisotopic (exact) mass is 1110 g/mol. The first-order valence-corrected chi connectivity index (χ1v) is 32.1. The van der Waals surface area contributed by atoms with Crippen molar-refractivity contribution in [3.63, 3.8) is 0 Å². The maximum atomic E-state index is 14.2. The van der Waals surface area contributed by atoms with Crippen LogP contribution in [-0.2, 0) is 39.7 Å². The molecule has 440 valence electrons. The van der Waals surface area contributed by atoms with Gasteiger partial charge >= 0.3 is 11.9 Å². The van der Waals surface area contributed by atoms with E-state index in [9.17, 15) is 9.59 Å². The lowest BCUT2D eigenvalue weighted by Gasteiger charge is -2.37. The van der Waals surface area contributed by atoms with E-state index in [-0.39, 0.29) is 23.8 Å². The van der Waals surface area contributed by atoms with Crippen molar-refractivity contribution < 1.29 is 38.0 Å². The van der Waals surface area contributed by atoms with Crippen LogP contribution in [0.4, 0.5) is 0 Å². The molecule has 8 heteroatoms. The molecule has 2 unspecified atom stereocenters. The Balaban J connectivity index is 0.852. The summed E-state index contributed by atoms with van der Waals surface area (Å²) in [6.07, 6.45) is 30.9. The highest BCUT2D eigenvalue weighted by Gasteiger charge is 2.54. The van der Waals surface area contributed by atoms with E-state index in [0.717, 1.165) is 149 Å². The Hall–Kier alpha value is -6.28. The summed E-state index contributed by atoms with van der Waals surface area (Å²) in [5, 5.41) is 0. The van der Waals surface area contributed by atoms with Crippen LogP contribution in [0.1, 0.15) is 216 Å². The van der Waals surface area contributed by atoms with Gasteiger partial charge in [0.15, 0.2) is 11.2 Å². The molecule has 4 heterocycles. The third-order valence-corrected chi connectivity index (χ3v) is 17.5. The molecule has 4 aliphatic heterocycles. The summed E-state index contributed by atoms with van der Waals surface area (Å²) in [7, 11) is 0. The first-order valence-electron chi connectivity index (χ1n) is 32.1. The molecule has 0 radical (unpaired) electrons. The molecule has 0 spiro atoms. The summed E-state index contributed by atoms with van der Waals surface area (Å²) in [5.74, 6) is 2.30. The number of carbonyl (C=O) groups excluding carboxylic acids is 2. The second kappa shape index (κ2) is 33.7. The van der Waals surface area contributed by atoms with E-state index in [1.54, 1.807) is 0 Å². The van der Waals surface area contributed by atoms with Gasteiger partial charge in [0.2, 0.25) is 0 Å². The lowest BCUT2D eigenvalue weighted by Crippen LogP contribution is -2.37. The van der Waals surface area contributed by atoms with Crippen molar-refractivity contribution in [1.82, 2.24) is 0 Å². The summed E-state index contributed by atoms with van der Waals surface area (Å²) >= 11 is 0. The third kappa shape index (κ3) is 17.2. The summed E-state index contributed by atoms with van der Waals surface area (Å²) in [6.45, 7) is 6.12. The predicted molar refractivity (Wildman–Crippen MR) is 331 cm³/mol. The Morgan fingerprint density at radius 1 is 0.293 bits per heavy atom. The minimum absolute atomic E-state index is 0.160. The molecule has 0 saturated heterocycles. The predicted octanol–water partition coefficient (Wildman–Crippen LogP) is 19.2. The Bertz CT molecular complexity index is 2420. The second-order valence-electron chi connectivity index (χ2n) is 23.4. The van der Waals surface area contributed by atoms with Gasteiger partial charge in [0.25, 0.3) is 0 Å². The fraction of sp³-hybridized carbons (Fsp3) is 0.514. The highest BCUT2D eigenvalue weighted by Crippen LogP contribution is 2.55. The normalized spacial score (nSPS) is 21.9. The molecule has 2 atom stereocenters. The van der Waals surface area contributed by atoms with E-state index in [2.05, 4.69) is 97.1 Å². The van der Waals surface area contributed by atoms with Gasteiger partial charge in [0.1, 0.15) is 23.0 Å². The van der Waals surface area contributed by atoms with Crippen LogP contribution in [0.2, 0.25) is 0 Å². The standard InChI is InChI=1S/C74H96O8/c1-59-69-67(73(81-59,61-41-27-23-28-42-61)62-43-29-24-30-44-62)49-35-17-11-9-7-5-3-4-6-8-10-12-18-36-50-68-70(60(2)82-74(68,63-45-31-25-32-46-63)64-47-33-26-34-48-64)72(76)80-58-40-22-16-14-20-38-56-78-66-53-51-65(52-54-66)77-55-37-19-13-15-21-39-57-79-71(69)75/h23-34,41-48,51-54,67-68H,3-22,35-40,49-50,55-58H2,1-2H3. The van der Waals surface area contributed by atoms with Gasteiger partial charge < -0.3 is 28.4 Å². The molecule has 0 amide bonds. The number of hydrogen-bond acceptors (Lipinski definition) is 8. The smallest absolute Gasteiger partial charge is 0.337 e. The van der Waals surface area contributed by atoms with Gasteiger partial charge in [-0.1, -0.05) is 263 Å². The van der Waals surface area contributed by atoms with Gasteiger partial charge in [0.05, 0.1) is 37.6 Å². The molecular weight excluding hydrogens is 1020 g/mol. The number of benzene rings is 5. The Labute approximate surface area is 492 Å². The Morgan fingerprint density at radius 2 is 0.524 bits per heavy atom. The van der Waals surface area contributed by atoms with Crippen molar-refractivity contribution >= 4 is 11.9 Å². The van der Waals surface area contributed by atoms with Crippen molar-refractivity contribution in [3.05, 3.63) is 191 Å². The van der Waals surface area contributed by atoms with Crippen molar-refractivity contribution in [3.8, 4) is 11.5 Å². The van der Waals surface area contributed by atoms with Crippen molar-refractivity contribution in [1.29, 1.82) is 0 Å². The quantitative estimate of drug-likeness (QED) is 0.164. The molecule has 0 saturated carbocycles. The maximum absolute atomic E-state index is 14.2. The zero-order valence-corrected chi connectivity index (χ0v) is 49.9. The number of carbonyl (C=O) groups is 2. The summed E-state index contributed by atoms with van der Waals surface area (Å²) in [4.78, 5) is 28.4. The molecular formula is C74H96O8. The van der Waals surface area contributed by atoms with E-state index in [4.69, 9.17) is 28.4 Å². The van der Waals surface area contributed by atoms with Crippen molar-refractivity contribution in [2.75, 3.05) is 26.4 Å². The van der Waals surface area contributed by atoms with Crippen LogP contribution in [0.15, 0.2) is 168 Å². The Morgan fingerprint density at radius 3 is 0.793 bits per heavy atom. The molecule has 5 aromatic carbocycles. The number of hydrogen-bond donors (Lipinski definition) is 0. The van der Waals surface area contributed by atoms with E-state index >= 15 is 0 Å². The van der Waals surface area contributed by atoms with Gasteiger partial charge in [-0.15, -0.1) is 0 Å². The van der Waals surface area contributed by atoms with Gasteiger partial charge in [-0.2, -0.15) is 0 Å². The van der Waals surface area contributed by atoms with Crippen LogP contribution >= 0.6 is 0 Å². The fourth-order valence-corrected chi connectivity index (χ4v) is 13.2. The van der Waals surface area contributed by atoms with Gasteiger partial charge in [-0.05, 0) is 76.6 Å². The van der Waals surface area contributed by atoms with Crippen LogP contribution in [0.5, 0.6) is 11.5 Å². The largest absolute Gasteiger partial charge is 0.494 e. The number of esters is 2. The summed E-state index contributed by atoms with van der Waals surface area (Å²) in [5.41, 5.74) is 4.07. The highest BCUT2D eigenvalue weighted by atomic mass is 16.5. The van der Waals surface area contributed by atoms with Crippen LogP contribution in [-0.4, -0.2) is 38.4 Å². The molecule has 82 heavy (non-hydrogen) atoms. The molecule has 8 nitrogen and oxygen atoms in total. The first-order chi connectivity index (χ1) is 40.4. The first kappa shape index (κ1) is 61.8. The molecule has 4 aliphatic rings. The van der Waals surface area contributed by atoms with E-state index in [1.807, 2.05) is 62.4 Å². The SMILES string of the molecule is CC1=C2C(=O)OCCCCCCCCOc3ccc(cc3)OCCCCCCCCOC(=O)C3=C(C)OC(c4ccccc4)(c4ccccc4)C3CCCCCCCCCCCCCCCCC2C(c2ccccc2)(c2ccccc2)O1. The van der Waals surface area contributed by atoms with E-state index in [0.29, 0.717) is 49.1 Å². The van der Waals surface area contributed by atoms with Gasteiger partial charge in [-0.25, -0.2) is 9.59 Å². The zero-order chi connectivity index (χ0) is 56.9. The van der Waals surface area contributed by atoms with Crippen LogP contribution in [0.25, 0.3) is 0 Å². The molecule has 9 rings (SSSR count). The lowest BCUT2D eigenvalue weighted by molar-refractivity contribution is -0.140. The fourth-order valence-electron chi connectivity index (χ4n) is 13.2. The van der Waals surface area contributed by atoms with Crippen LogP contribution < -0.4 is 9.47 Å². The van der Waals surface area contributed by atoms with Gasteiger partial charge in [-0.3, -0.25) is 0 Å². The molecule has 0 aromatic heterocycles. The highest BCUT2D eigenvalue weighted by molar-refractivity contribution is 5.91. The van der Waals surface area contributed by atoms with Crippen LogP contribution in [0.3, 0.4) is 0 Å². The summed E-state index contributed by atoms with van der Waals surface area (Å²) < 4.78 is 38.4. The second-order valence-corrected chi connectivity index (χ2v) is 23.4. The zero-order valence-electron chi connectivity index (χ0n) is 49.9. The average Bonchev–Trinajstić information content (AvgIpc) is 4.09. The Kier molecular flexibility index (Phi) is 25.4. The van der Waals surface area contributed by atoms with Crippen LogP contribution in [0, 0.1) is 11.8 Å². The number of fused-ring (bicyclic) bond motifs is 37. The number of rotatable bonds is 4. The van der Waals surface area contributed by atoms with Crippen molar-refractivity contribution in [2.45, 2.75) is 205 Å². The molecule has 5 aromatic rings. The number of ether oxygens (including phenoxy) is 6. The lowest BCUT2D eigenvalue weighted by atomic mass is 9.72. The minimum Gasteiger partial charge on any atom is -0.494 e. The van der Waals surface area contributed by atoms with Gasteiger partial charge in [0, 0.05) is 34.1 Å². The van der Waals surface area contributed by atoms with Crippen molar-refractivity contribution in [2.24, 2.45) is 11.8 Å². The molecule has 2 bridgehead atoms. The average molecular weight is 1110 g/mol. The minimum atomic E-state index is -0.799. The summed E-state index contributed by atoms with van der Waals surface area (Å²) in [6, 6.07) is 50.0. The molecule has 0 N–H and O–H groups in total. The maximum Gasteiger partial charge on any atom is 0.337 e. The molecule has 0 fully saturated rings. The number of allylic oxidation sites excluding steroid dienone is 2. The van der Waals surface area contributed by atoms with E-state index < -0.39 is 11.2 Å². The topological polar surface area (TPSA) is 89.5 Å². The third-order valence-electron chi connectivity index (χ3n) is 17.5.